The zero-order valence-corrected chi connectivity index (χ0v) is 13.2. The molecule has 1 aromatic heterocycles. The van der Waals surface area contributed by atoms with E-state index in [1.165, 1.54) is 4.21 Å². The molecule has 0 atom stereocenters. The number of carbonyl (C=O) groups is 1. The molecule has 0 saturated carbocycles. The number of nitrogens with two attached hydrogens (primary N) is 1. The van der Waals surface area contributed by atoms with Crippen molar-refractivity contribution in [3.05, 3.63) is 40.7 Å². The van der Waals surface area contributed by atoms with Crippen molar-refractivity contribution in [1.29, 1.82) is 0 Å². The van der Waals surface area contributed by atoms with Gasteiger partial charge in [-0.1, -0.05) is 17.7 Å². The molecule has 6 heteroatoms. The largest absolute Gasteiger partial charge is 0.397 e. The van der Waals surface area contributed by atoms with Crippen LogP contribution in [0.3, 0.4) is 0 Å². The highest BCUT2D eigenvalue weighted by Gasteiger charge is 2.06. The van der Waals surface area contributed by atoms with Gasteiger partial charge in [0.15, 0.2) is 0 Å². The number of thioether (sulfide) groups is 1. The molecule has 1 heterocycles. The zero-order chi connectivity index (χ0) is 14.4. The summed E-state index contributed by atoms with van der Waals surface area (Å²) in [7, 11) is 0. The quantitative estimate of drug-likeness (QED) is 0.467. The summed E-state index contributed by atoms with van der Waals surface area (Å²) in [5.41, 5.74) is 6.88. The molecule has 0 saturated heterocycles. The predicted octanol–water partition coefficient (Wildman–Crippen LogP) is 4.49. The number of carbonyl (C=O) groups excluding carboxylic acids is 1. The minimum Gasteiger partial charge on any atom is -0.397 e. The summed E-state index contributed by atoms with van der Waals surface area (Å²) in [6, 6.07) is 9.16. The zero-order valence-electron chi connectivity index (χ0n) is 10.8. The molecule has 106 valence electrons. The van der Waals surface area contributed by atoms with Crippen molar-refractivity contribution in [3.8, 4) is 0 Å². The molecule has 0 aliphatic heterocycles. The molecule has 2 aromatic rings. The SMILES string of the molecule is Nc1ccc(Cl)cc1NC(=O)CCCSc1cccs1. The molecule has 0 bridgehead atoms. The Hall–Kier alpha value is -1.17. The lowest BCUT2D eigenvalue weighted by molar-refractivity contribution is -0.116. The van der Waals surface area contributed by atoms with E-state index in [-0.39, 0.29) is 5.91 Å². The average molecular weight is 327 g/mol. The number of nitrogen functional groups attached to an aromatic ring is 1. The summed E-state index contributed by atoms with van der Waals surface area (Å²) in [5, 5.41) is 5.40. The van der Waals surface area contributed by atoms with E-state index in [0.717, 1.165) is 12.2 Å². The lowest BCUT2D eigenvalue weighted by Gasteiger charge is -2.08. The van der Waals surface area contributed by atoms with Crippen molar-refractivity contribution in [2.45, 2.75) is 17.1 Å². The Labute approximate surface area is 131 Å². The Bertz CT molecular complexity index is 573. The van der Waals surface area contributed by atoms with Gasteiger partial charge in [0.25, 0.3) is 0 Å². The monoisotopic (exact) mass is 326 g/mol. The predicted molar refractivity (Wildman–Crippen MR) is 88.8 cm³/mol. The van der Waals surface area contributed by atoms with E-state index in [1.807, 2.05) is 6.07 Å². The van der Waals surface area contributed by atoms with Gasteiger partial charge in [-0.3, -0.25) is 4.79 Å². The van der Waals surface area contributed by atoms with E-state index in [2.05, 4.69) is 16.8 Å². The first-order valence-electron chi connectivity index (χ1n) is 6.16. The van der Waals surface area contributed by atoms with Crippen molar-refractivity contribution < 1.29 is 4.79 Å². The summed E-state index contributed by atoms with van der Waals surface area (Å²) >= 11 is 9.37. The highest BCUT2D eigenvalue weighted by atomic mass is 35.5. The number of nitrogens with one attached hydrogen (secondary N) is 1. The van der Waals surface area contributed by atoms with Gasteiger partial charge in [0.05, 0.1) is 15.6 Å². The van der Waals surface area contributed by atoms with Crippen molar-refractivity contribution in [2.24, 2.45) is 0 Å². The third-order valence-corrected chi connectivity index (χ3v) is 5.03. The van der Waals surface area contributed by atoms with E-state index in [1.54, 1.807) is 41.3 Å². The molecule has 20 heavy (non-hydrogen) atoms. The fraction of sp³-hybridized carbons (Fsp3) is 0.214. The normalized spacial score (nSPS) is 10.4. The van der Waals surface area contributed by atoms with Gasteiger partial charge in [-0.15, -0.1) is 23.1 Å². The first-order chi connectivity index (χ1) is 9.65. The van der Waals surface area contributed by atoms with Crippen LogP contribution in [0.5, 0.6) is 0 Å². The molecule has 3 N–H and O–H groups in total. The minimum absolute atomic E-state index is 0.0363. The van der Waals surface area contributed by atoms with Crippen LogP contribution in [0.15, 0.2) is 39.9 Å². The Morgan fingerprint density at radius 1 is 1.40 bits per heavy atom. The van der Waals surface area contributed by atoms with Crippen LogP contribution in [-0.2, 0) is 4.79 Å². The smallest absolute Gasteiger partial charge is 0.224 e. The molecule has 0 aliphatic rings. The lowest BCUT2D eigenvalue weighted by atomic mass is 10.2. The maximum atomic E-state index is 11.8. The van der Waals surface area contributed by atoms with Gasteiger partial charge >= 0.3 is 0 Å². The van der Waals surface area contributed by atoms with Gasteiger partial charge in [0.2, 0.25) is 5.91 Å². The highest BCUT2D eigenvalue weighted by Crippen LogP contribution is 2.25. The van der Waals surface area contributed by atoms with Crippen molar-refractivity contribution in [1.82, 2.24) is 0 Å². The lowest BCUT2D eigenvalue weighted by Crippen LogP contribution is -2.12. The molecular formula is C14H15ClN2OS2. The summed E-state index contributed by atoms with van der Waals surface area (Å²) in [4.78, 5) is 11.8. The van der Waals surface area contributed by atoms with E-state index >= 15 is 0 Å². The average Bonchev–Trinajstić information content (AvgIpc) is 2.92. The summed E-state index contributed by atoms with van der Waals surface area (Å²) in [5.74, 6) is 0.893. The fourth-order valence-corrected chi connectivity index (χ4v) is 3.57. The van der Waals surface area contributed by atoms with Gasteiger partial charge in [0.1, 0.15) is 0 Å². The molecule has 0 fully saturated rings. The Balaban J connectivity index is 1.73. The van der Waals surface area contributed by atoms with Gasteiger partial charge in [0, 0.05) is 11.4 Å². The molecule has 3 nitrogen and oxygen atoms in total. The number of hydrogen-bond donors (Lipinski definition) is 2. The second kappa shape index (κ2) is 7.57. The maximum absolute atomic E-state index is 11.8. The van der Waals surface area contributed by atoms with Crippen LogP contribution in [-0.4, -0.2) is 11.7 Å². The van der Waals surface area contributed by atoms with E-state index in [9.17, 15) is 4.79 Å². The van der Waals surface area contributed by atoms with Crippen LogP contribution in [0, 0.1) is 0 Å². The van der Waals surface area contributed by atoms with Gasteiger partial charge in [-0.05, 0) is 41.8 Å². The van der Waals surface area contributed by atoms with Gasteiger partial charge in [-0.2, -0.15) is 0 Å². The number of anilines is 2. The van der Waals surface area contributed by atoms with Gasteiger partial charge < -0.3 is 11.1 Å². The second-order valence-electron chi connectivity index (χ2n) is 4.16. The first-order valence-corrected chi connectivity index (χ1v) is 8.40. The van der Waals surface area contributed by atoms with E-state index < -0.39 is 0 Å². The minimum atomic E-state index is -0.0363. The molecule has 0 spiro atoms. The standard InChI is InChI=1S/C14H15ClN2OS2/c15-10-5-6-11(16)12(9-10)17-13(18)3-1-7-19-14-4-2-8-20-14/h2,4-6,8-9H,1,3,7,16H2,(H,17,18). The van der Waals surface area contributed by atoms with E-state index in [0.29, 0.717) is 22.8 Å². The Morgan fingerprint density at radius 2 is 2.25 bits per heavy atom. The number of hydrogen-bond acceptors (Lipinski definition) is 4. The van der Waals surface area contributed by atoms with Crippen molar-refractivity contribution >= 4 is 52.0 Å². The molecule has 0 aliphatic carbocycles. The maximum Gasteiger partial charge on any atom is 0.224 e. The molecule has 2 rings (SSSR count). The number of amides is 1. The van der Waals surface area contributed by atoms with Crippen molar-refractivity contribution in [3.63, 3.8) is 0 Å². The number of halogens is 1. The molecule has 1 amide bonds. The Kier molecular flexibility index (Phi) is 5.76. The topological polar surface area (TPSA) is 55.1 Å². The number of rotatable bonds is 6. The van der Waals surface area contributed by atoms with Crippen LogP contribution in [0.2, 0.25) is 5.02 Å². The molecule has 0 unspecified atom stereocenters. The number of thiophene rings is 1. The number of benzene rings is 1. The molecule has 1 aromatic carbocycles. The van der Waals surface area contributed by atoms with Gasteiger partial charge in [-0.25, -0.2) is 0 Å². The van der Waals surface area contributed by atoms with Crippen molar-refractivity contribution in [2.75, 3.05) is 16.8 Å². The molecular weight excluding hydrogens is 312 g/mol. The van der Waals surface area contributed by atoms with Crippen LogP contribution in [0.1, 0.15) is 12.8 Å². The summed E-state index contributed by atoms with van der Waals surface area (Å²) < 4.78 is 1.28. The van der Waals surface area contributed by atoms with Crippen LogP contribution in [0.25, 0.3) is 0 Å². The van der Waals surface area contributed by atoms with Crippen LogP contribution in [0.4, 0.5) is 11.4 Å². The fourth-order valence-electron chi connectivity index (χ4n) is 1.60. The first kappa shape index (κ1) is 15.2. The molecule has 0 radical (unpaired) electrons. The summed E-state index contributed by atoms with van der Waals surface area (Å²) in [6.45, 7) is 0. The third-order valence-electron chi connectivity index (χ3n) is 2.58. The third kappa shape index (κ3) is 4.74. The highest BCUT2D eigenvalue weighted by molar-refractivity contribution is 8.01. The van der Waals surface area contributed by atoms with E-state index in [4.69, 9.17) is 17.3 Å². The summed E-state index contributed by atoms with van der Waals surface area (Å²) in [6.07, 6.45) is 1.30. The van der Waals surface area contributed by atoms with Crippen LogP contribution < -0.4 is 11.1 Å². The second-order valence-corrected chi connectivity index (χ2v) is 6.94. The Morgan fingerprint density at radius 3 is 3.00 bits per heavy atom. The van der Waals surface area contributed by atoms with Crippen LogP contribution >= 0.6 is 34.7 Å².